The Hall–Kier alpha value is -0.120. The SMILES string of the molecule is NCCC(CN)NC1CCCCCCCCCCCCCCC1. The van der Waals surface area contributed by atoms with E-state index in [2.05, 4.69) is 5.32 Å². The molecule has 0 aromatic carbocycles. The highest BCUT2D eigenvalue weighted by Gasteiger charge is 2.13. The summed E-state index contributed by atoms with van der Waals surface area (Å²) < 4.78 is 0. The maximum absolute atomic E-state index is 5.90. The number of nitrogens with two attached hydrogens (primary N) is 2. The number of hydrogen-bond donors (Lipinski definition) is 3. The summed E-state index contributed by atoms with van der Waals surface area (Å²) in [6.45, 7) is 1.45. The Labute approximate surface area is 145 Å². The zero-order valence-corrected chi connectivity index (χ0v) is 15.5. The summed E-state index contributed by atoms with van der Waals surface area (Å²) in [5.74, 6) is 0. The van der Waals surface area contributed by atoms with Crippen LogP contribution in [0.1, 0.15) is 103 Å². The predicted molar refractivity (Wildman–Crippen MR) is 103 cm³/mol. The molecule has 0 spiro atoms. The van der Waals surface area contributed by atoms with Crippen LogP contribution in [0.4, 0.5) is 0 Å². The first kappa shape index (κ1) is 20.9. The van der Waals surface area contributed by atoms with Crippen LogP contribution in [0.2, 0.25) is 0 Å². The van der Waals surface area contributed by atoms with E-state index in [-0.39, 0.29) is 0 Å². The fourth-order valence-corrected chi connectivity index (χ4v) is 3.84. The van der Waals surface area contributed by atoms with Crippen molar-refractivity contribution in [2.75, 3.05) is 13.1 Å². The van der Waals surface area contributed by atoms with Gasteiger partial charge in [-0.05, 0) is 25.8 Å². The van der Waals surface area contributed by atoms with E-state index in [4.69, 9.17) is 11.5 Å². The molecule has 1 unspecified atom stereocenters. The Bertz CT molecular complexity index is 229. The summed E-state index contributed by atoms with van der Waals surface area (Å²) >= 11 is 0. The van der Waals surface area contributed by atoms with E-state index >= 15 is 0 Å². The third-order valence-corrected chi connectivity index (χ3v) is 5.38. The highest BCUT2D eigenvalue weighted by Crippen LogP contribution is 2.17. The summed E-state index contributed by atoms with van der Waals surface area (Å²) in [6.07, 6.45) is 22.2. The first-order valence-electron chi connectivity index (χ1n) is 10.5. The van der Waals surface area contributed by atoms with Crippen LogP contribution in [0.3, 0.4) is 0 Å². The smallest absolute Gasteiger partial charge is 0.0204 e. The van der Waals surface area contributed by atoms with E-state index in [0.29, 0.717) is 18.6 Å². The lowest BCUT2D eigenvalue weighted by atomic mass is 9.97. The van der Waals surface area contributed by atoms with Crippen molar-refractivity contribution < 1.29 is 0 Å². The molecule has 23 heavy (non-hydrogen) atoms. The molecule has 3 heteroatoms. The lowest BCUT2D eigenvalue weighted by molar-refractivity contribution is 0.358. The summed E-state index contributed by atoms with van der Waals surface area (Å²) in [4.78, 5) is 0. The minimum atomic E-state index is 0.413. The van der Waals surface area contributed by atoms with Gasteiger partial charge in [0.1, 0.15) is 0 Å². The lowest BCUT2D eigenvalue weighted by Crippen LogP contribution is -2.44. The van der Waals surface area contributed by atoms with Gasteiger partial charge >= 0.3 is 0 Å². The lowest BCUT2D eigenvalue weighted by Gasteiger charge is -2.25. The second-order valence-corrected chi connectivity index (χ2v) is 7.55. The molecule has 1 fully saturated rings. The highest BCUT2D eigenvalue weighted by atomic mass is 15.0. The average Bonchev–Trinajstić information content (AvgIpc) is 2.56. The molecule has 3 nitrogen and oxygen atoms in total. The van der Waals surface area contributed by atoms with Crippen molar-refractivity contribution in [3.8, 4) is 0 Å². The normalized spacial score (nSPS) is 22.7. The molecule has 0 aliphatic heterocycles. The summed E-state index contributed by atoms with van der Waals surface area (Å²) in [7, 11) is 0. The minimum absolute atomic E-state index is 0.413. The second-order valence-electron chi connectivity index (χ2n) is 7.55. The Balaban J connectivity index is 2.34. The van der Waals surface area contributed by atoms with Gasteiger partial charge < -0.3 is 16.8 Å². The predicted octanol–water partition coefficient (Wildman–Crippen LogP) is 4.49. The van der Waals surface area contributed by atoms with Crippen molar-refractivity contribution >= 4 is 0 Å². The van der Waals surface area contributed by atoms with Gasteiger partial charge in [-0.3, -0.25) is 0 Å². The summed E-state index contributed by atoms with van der Waals surface area (Å²) in [5, 5.41) is 3.80. The second kappa shape index (κ2) is 15.4. The Morgan fingerprint density at radius 1 is 0.652 bits per heavy atom. The molecule has 1 rings (SSSR count). The van der Waals surface area contributed by atoms with Gasteiger partial charge in [-0.15, -0.1) is 0 Å². The Morgan fingerprint density at radius 2 is 1.04 bits per heavy atom. The van der Waals surface area contributed by atoms with E-state index in [0.717, 1.165) is 13.0 Å². The molecule has 0 bridgehead atoms. The van der Waals surface area contributed by atoms with Crippen LogP contribution in [0.15, 0.2) is 0 Å². The molecule has 1 atom stereocenters. The van der Waals surface area contributed by atoms with Crippen molar-refractivity contribution in [3.63, 3.8) is 0 Å². The van der Waals surface area contributed by atoms with Gasteiger partial charge in [-0.1, -0.05) is 83.5 Å². The van der Waals surface area contributed by atoms with Crippen LogP contribution in [0.5, 0.6) is 0 Å². The van der Waals surface area contributed by atoms with Gasteiger partial charge in [0.2, 0.25) is 0 Å². The fourth-order valence-electron chi connectivity index (χ4n) is 3.84. The third kappa shape index (κ3) is 12.0. The monoisotopic (exact) mass is 325 g/mol. The number of hydrogen-bond acceptors (Lipinski definition) is 3. The molecule has 5 N–H and O–H groups in total. The maximum Gasteiger partial charge on any atom is 0.0204 e. The summed E-state index contributed by atoms with van der Waals surface area (Å²) in [6, 6.07) is 1.07. The van der Waals surface area contributed by atoms with E-state index in [1.807, 2.05) is 0 Å². The van der Waals surface area contributed by atoms with E-state index in [1.165, 1.54) is 96.3 Å². The van der Waals surface area contributed by atoms with Crippen LogP contribution in [-0.2, 0) is 0 Å². The van der Waals surface area contributed by atoms with Gasteiger partial charge in [-0.25, -0.2) is 0 Å². The Kier molecular flexibility index (Phi) is 14.0. The minimum Gasteiger partial charge on any atom is -0.330 e. The van der Waals surface area contributed by atoms with Crippen LogP contribution < -0.4 is 16.8 Å². The fraction of sp³-hybridized carbons (Fsp3) is 1.00. The van der Waals surface area contributed by atoms with E-state index in [9.17, 15) is 0 Å². The third-order valence-electron chi connectivity index (χ3n) is 5.38. The molecule has 0 aromatic rings. The molecular formula is C20H43N3. The van der Waals surface area contributed by atoms with Gasteiger partial charge in [0, 0.05) is 18.6 Å². The zero-order chi connectivity index (χ0) is 16.6. The van der Waals surface area contributed by atoms with Crippen molar-refractivity contribution in [2.24, 2.45) is 11.5 Å². The molecule has 0 radical (unpaired) electrons. The van der Waals surface area contributed by atoms with Crippen molar-refractivity contribution in [1.82, 2.24) is 5.32 Å². The molecule has 1 aliphatic rings. The molecule has 1 saturated carbocycles. The van der Waals surface area contributed by atoms with Crippen LogP contribution in [-0.4, -0.2) is 25.2 Å². The van der Waals surface area contributed by atoms with Crippen molar-refractivity contribution in [3.05, 3.63) is 0 Å². The molecule has 0 amide bonds. The molecule has 138 valence electrons. The van der Waals surface area contributed by atoms with Crippen LogP contribution in [0, 0.1) is 0 Å². The van der Waals surface area contributed by atoms with Crippen LogP contribution in [0.25, 0.3) is 0 Å². The van der Waals surface area contributed by atoms with Crippen molar-refractivity contribution in [2.45, 2.75) is 115 Å². The van der Waals surface area contributed by atoms with Gasteiger partial charge in [0.05, 0.1) is 0 Å². The largest absolute Gasteiger partial charge is 0.330 e. The first-order chi connectivity index (χ1) is 11.4. The average molecular weight is 326 g/mol. The summed E-state index contributed by atoms with van der Waals surface area (Å²) in [5.41, 5.74) is 11.6. The maximum atomic E-state index is 5.90. The van der Waals surface area contributed by atoms with Gasteiger partial charge in [0.25, 0.3) is 0 Å². The number of nitrogens with one attached hydrogen (secondary N) is 1. The molecule has 0 heterocycles. The standard InChI is InChI=1S/C20H43N3/c21-17-16-20(18-22)23-19-14-12-10-8-6-4-2-1-3-5-7-9-11-13-15-19/h19-20,23H,1-18,21-22H2. The Morgan fingerprint density at radius 3 is 1.39 bits per heavy atom. The molecule has 1 aliphatic carbocycles. The number of rotatable bonds is 5. The molecule has 0 aromatic heterocycles. The van der Waals surface area contributed by atoms with E-state index < -0.39 is 0 Å². The molecular weight excluding hydrogens is 282 g/mol. The van der Waals surface area contributed by atoms with Crippen molar-refractivity contribution in [1.29, 1.82) is 0 Å². The van der Waals surface area contributed by atoms with Gasteiger partial charge in [-0.2, -0.15) is 0 Å². The zero-order valence-electron chi connectivity index (χ0n) is 15.5. The highest BCUT2D eigenvalue weighted by molar-refractivity contribution is 4.76. The van der Waals surface area contributed by atoms with Crippen LogP contribution >= 0.6 is 0 Å². The van der Waals surface area contributed by atoms with Gasteiger partial charge in [0.15, 0.2) is 0 Å². The molecule has 0 saturated heterocycles. The topological polar surface area (TPSA) is 64.1 Å². The van der Waals surface area contributed by atoms with E-state index in [1.54, 1.807) is 0 Å². The first-order valence-corrected chi connectivity index (χ1v) is 10.5. The quantitative estimate of drug-likeness (QED) is 0.698.